The fourth-order valence-electron chi connectivity index (χ4n) is 2.11. The molecule has 0 aliphatic rings. The molecule has 0 heterocycles. The molecular formula is C15H10F6O2. The third-order valence-electron chi connectivity index (χ3n) is 3.32. The predicted octanol–water partition coefficient (Wildman–Crippen LogP) is 4.51. The van der Waals surface area contributed by atoms with Gasteiger partial charge in [-0.05, 0) is 24.3 Å². The minimum absolute atomic E-state index is 0.419. The smallest absolute Gasteiger partial charge is 0.457 e. The van der Waals surface area contributed by atoms with Crippen molar-refractivity contribution in [1.29, 1.82) is 0 Å². The second-order valence-corrected chi connectivity index (χ2v) is 4.82. The molecule has 0 amide bonds. The molecule has 0 radical (unpaired) electrons. The van der Waals surface area contributed by atoms with Crippen LogP contribution >= 0.6 is 0 Å². The van der Waals surface area contributed by atoms with Crippen molar-refractivity contribution in [3.8, 4) is 11.5 Å². The number of alkyl halides is 6. The van der Waals surface area contributed by atoms with E-state index in [9.17, 15) is 22.0 Å². The molecule has 0 spiro atoms. The summed E-state index contributed by atoms with van der Waals surface area (Å²) in [5.74, 6) is -6.58. The zero-order valence-electron chi connectivity index (χ0n) is 11.3. The predicted molar refractivity (Wildman–Crippen MR) is 69.1 cm³/mol. The third-order valence-corrected chi connectivity index (χ3v) is 3.32. The highest BCUT2D eigenvalue weighted by Gasteiger charge is 2.72. The molecule has 2 nitrogen and oxygen atoms in total. The van der Waals surface area contributed by atoms with Gasteiger partial charge in [-0.25, -0.2) is 4.39 Å². The van der Waals surface area contributed by atoms with Gasteiger partial charge in [0.1, 0.15) is 11.5 Å². The number of hydrogen-bond donors (Lipinski definition) is 2. The van der Waals surface area contributed by atoms with Crippen LogP contribution in [0.15, 0.2) is 48.5 Å². The van der Waals surface area contributed by atoms with E-state index in [0.717, 1.165) is 24.3 Å². The lowest BCUT2D eigenvalue weighted by molar-refractivity contribution is -0.323. The monoisotopic (exact) mass is 336 g/mol. The molecule has 124 valence electrons. The fourth-order valence-corrected chi connectivity index (χ4v) is 2.11. The summed E-state index contributed by atoms with van der Waals surface area (Å²) in [7, 11) is 0. The zero-order valence-corrected chi connectivity index (χ0v) is 11.3. The summed E-state index contributed by atoms with van der Waals surface area (Å²) in [6.07, 6.45) is -6.16. The molecule has 0 fully saturated rings. The van der Waals surface area contributed by atoms with Gasteiger partial charge in [-0.3, -0.25) is 0 Å². The molecule has 0 aromatic heterocycles. The van der Waals surface area contributed by atoms with Crippen molar-refractivity contribution >= 4 is 0 Å². The largest absolute Gasteiger partial charge is 0.508 e. The molecule has 2 aromatic carbocycles. The second kappa shape index (κ2) is 5.36. The summed E-state index contributed by atoms with van der Waals surface area (Å²) >= 11 is 0. The topological polar surface area (TPSA) is 40.5 Å². The van der Waals surface area contributed by atoms with E-state index < -0.39 is 40.4 Å². The average molecular weight is 336 g/mol. The highest BCUT2D eigenvalue weighted by Crippen LogP contribution is 2.54. The van der Waals surface area contributed by atoms with Crippen molar-refractivity contribution in [3.63, 3.8) is 0 Å². The van der Waals surface area contributed by atoms with Gasteiger partial charge in [-0.2, -0.15) is 22.0 Å². The van der Waals surface area contributed by atoms with Gasteiger partial charge in [-0.1, -0.05) is 24.3 Å². The van der Waals surface area contributed by atoms with Crippen LogP contribution in [0.25, 0.3) is 0 Å². The molecule has 0 saturated carbocycles. The van der Waals surface area contributed by atoms with Gasteiger partial charge >= 0.3 is 12.1 Å². The number of rotatable bonds is 3. The number of phenols is 2. The molecule has 0 bridgehead atoms. The van der Waals surface area contributed by atoms with Crippen molar-refractivity contribution in [2.75, 3.05) is 0 Å². The number of aromatic hydroxyl groups is 2. The summed E-state index contributed by atoms with van der Waals surface area (Å²) in [5, 5.41) is 18.3. The Hall–Kier alpha value is -2.38. The SMILES string of the molecule is Oc1ccc(C(F)(c2ccc(O)cc2)C(F)(F)C(F)(F)F)cc1. The Morgan fingerprint density at radius 3 is 1.13 bits per heavy atom. The first-order valence-electron chi connectivity index (χ1n) is 6.22. The van der Waals surface area contributed by atoms with Gasteiger partial charge in [-0.15, -0.1) is 0 Å². The second-order valence-electron chi connectivity index (χ2n) is 4.82. The maximum atomic E-state index is 15.2. The molecule has 23 heavy (non-hydrogen) atoms. The minimum atomic E-state index is -6.16. The molecule has 8 heteroatoms. The van der Waals surface area contributed by atoms with E-state index in [0.29, 0.717) is 24.3 Å². The van der Waals surface area contributed by atoms with E-state index in [1.54, 1.807) is 0 Å². The number of benzene rings is 2. The summed E-state index contributed by atoms with van der Waals surface area (Å²) in [6.45, 7) is 0. The normalized spacial score (nSPS) is 13.1. The van der Waals surface area contributed by atoms with Gasteiger partial charge in [0.05, 0.1) is 0 Å². The summed E-state index contributed by atoms with van der Waals surface area (Å²) in [5.41, 5.74) is -6.20. The first-order chi connectivity index (χ1) is 10.5. The first kappa shape index (κ1) is 17.0. The Labute approximate surface area is 126 Å². The van der Waals surface area contributed by atoms with Gasteiger partial charge in [0, 0.05) is 11.1 Å². The van der Waals surface area contributed by atoms with E-state index in [2.05, 4.69) is 0 Å². The Morgan fingerprint density at radius 1 is 0.565 bits per heavy atom. The van der Waals surface area contributed by atoms with Crippen molar-refractivity contribution < 1.29 is 36.6 Å². The molecule has 2 rings (SSSR count). The van der Waals surface area contributed by atoms with Crippen LogP contribution in [0.4, 0.5) is 26.3 Å². The molecule has 0 atom stereocenters. The molecule has 0 saturated heterocycles. The fraction of sp³-hybridized carbons (Fsp3) is 0.200. The molecule has 0 unspecified atom stereocenters. The number of hydrogen-bond acceptors (Lipinski definition) is 2. The first-order valence-corrected chi connectivity index (χ1v) is 6.22. The van der Waals surface area contributed by atoms with Gasteiger partial charge in [0.2, 0.25) is 5.67 Å². The highest BCUT2D eigenvalue weighted by molar-refractivity contribution is 5.43. The molecule has 2 N–H and O–H groups in total. The molecular weight excluding hydrogens is 326 g/mol. The van der Waals surface area contributed by atoms with Crippen LogP contribution in [0.5, 0.6) is 11.5 Å². The number of phenolic OH excluding ortho intramolecular Hbond substituents is 2. The van der Waals surface area contributed by atoms with Crippen LogP contribution in [0, 0.1) is 0 Å². The average Bonchev–Trinajstić information content (AvgIpc) is 2.46. The van der Waals surface area contributed by atoms with Crippen molar-refractivity contribution in [2.45, 2.75) is 17.8 Å². The van der Waals surface area contributed by atoms with E-state index in [1.807, 2.05) is 0 Å². The van der Waals surface area contributed by atoms with Crippen LogP contribution in [-0.2, 0) is 5.67 Å². The maximum Gasteiger partial charge on any atom is 0.457 e. The van der Waals surface area contributed by atoms with Gasteiger partial charge in [0.25, 0.3) is 0 Å². The zero-order chi connectivity index (χ0) is 17.5. The number of halogens is 6. The lowest BCUT2D eigenvalue weighted by atomic mass is 9.82. The maximum absolute atomic E-state index is 15.2. The van der Waals surface area contributed by atoms with Gasteiger partial charge in [0.15, 0.2) is 0 Å². The lowest BCUT2D eigenvalue weighted by Crippen LogP contribution is -2.53. The van der Waals surface area contributed by atoms with E-state index in [4.69, 9.17) is 10.2 Å². The Morgan fingerprint density at radius 2 is 0.870 bits per heavy atom. The Balaban J connectivity index is 2.73. The van der Waals surface area contributed by atoms with Crippen molar-refractivity contribution in [2.24, 2.45) is 0 Å². The van der Waals surface area contributed by atoms with Crippen LogP contribution in [0.2, 0.25) is 0 Å². The summed E-state index contributed by atoms with van der Waals surface area (Å²) < 4.78 is 81.3. The summed E-state index contributed by atoms with van der Waals surface area (Å²) in [4.78, 5) is 0. The molecule has 0 aliphatic carbocycles. The lowest BCUT2D eigenvalue weighted by Gasteiger charge is -2.35. The van der Waals surface area contributed by atoms with E-state index >= 15 is 4.39 Å². The van der Waals surface area contributed by atoms with Gasteiger partial charge < -0.3 is 10.2 Å². The van der Waals surface area contributed by atoms with Crippen LogP contribution < -0.4 is 0 Å². The van der Waals surface area contributed by atoms with Crippen LogP contribution in [0.1, 0.15) is 11.1 Å². The third kappa shape index (κ3) is 2.69. The van der Waals surface area contributed by atoms with Crippen molar-refractivity contribution in [3.05, 3.63) is 59.7 Å². The minimum Gasteiger partial charge on any atom is -0.508 e. The van der Waals surface area contributed by atoms with Crippen LogP contribution in [-0.4, -0.2) is 22.3 Å². The van der Waals surface area contributed by atoms with Crippen molar-refractivity contribution in [1.82, 2.24) is 0 Å². The molecule has 2 aromatic rings. The van der Waals surface area contributed by atoms with E-state index in [-0.39, 0.29) is 0 Å². The Kier molecular flexibility index (Phi) is 3.96. The quantitative estimate of drug-likeness (QED) is 0.810. The van der Waals surface area contributed by atoms with E-state index in [1.165, 1.54) is 0 Å². The summed E-state index contributed by atoms with van der Waals surface area (Å²) in [6, 6.07) is 5.77. The Bertz CT molecular complexity index is 631. The highest BCUT2D eigenvalue weighted by atomic mass is 19.4. The van der Waals surface area contributed by atoms with Crippen LogP contribution in [0.3, 0.4) is 0 Å². The standard InChI is InChI=1S/C15H10F6O2/c16-13(14(17,18)15(19,20)21,9-1-5-11(22)6-2-9)10-3-7-12(23)8-4-10/h1-8,22-23H. The molecule has 0 aliphatic heterocycles.